The largest absolute Gasteiger partial charge is 0.379 e. The van der Waals surface area contributed by atoms with Crippen molar-refractivity contribution < 1.29 is 9.85 Å². The van der Waals surface area contributed by atoms with Crippen LogP contribution < -0.4 is 10.6 Å². The molecule has 1 aromatic rings. The molecule has 0 fully saturated rings. The maximum absolute atomic E-state index is 10.8. The third kappa shape index (κ3) is 5.06. The molecule has 8 nitrogen and oxygen atoms in total. The van der Waals surface area contributed by atoms with Gasteiger partial charge in [0.05, 0.1) is 15.9 Å². The fourth-order valence-electron chi connectivity index (χ4n) is 1.42. The number of rotatable bonds is 7. The standard InChI is InChI=1S/C10H14N4O4.ClH/c1-11-5-2-6-12-9-4-3-8(13(15)16)7-10(9)14(17)18;/h3-4,7,11-12H,2,5-6H2,1H3;1H. The number of halogens is 1. The average molecular weight is 291 g/mol. The Labute approximate surface area is 115 Å². The first-order chi connectivity index (χ1) is 8.56. The van der Waals surface area contributed by atoms with E-state index < -0.39 is 9.85 Å². The van der Waals surface area contributed by atoms with Gasteiger partial charge in [0.25, 0.3) is 11.4 Å². The number of benzene rings is 1. The molecule has 19 heavy (non-hydrogen) atoms. The minimum absolute atomic E-state index is 0. The summed E-state index contributed by atoms with van der Waals surface area (Å²) in [5.74, 6) is 0. The normalized spacial score (nSPS) is 9.53. The van der Waals surface area contributed by atoms with Crippen LogP contribution in [0.15, 0.2) is 18.2 Å². The van der Waals surface area contributed by atoms with Crippen molar-refractivity contribution in [1.29, 1.82) is 0 Å². The van der Waals surface area contributed by atoms with Crippen LogP contribution in [0.2, 0.25) is 0 Å². The van der Waals surface area contributed by atoms with E-state index in [4.69, 9.17) is 0 Å². The van der Waals surface area contributed by atoms with Crippen LogP contribution in [0.5, 0.6) is 0 Å². The molecule has 0 spiro atoms. The second-order valence-electron chi connectivity index (χ2n) is 3.60. The summed E-state index contributed by atoms with van der Waals surface area (Å²) in [6.07, 6.45) is 0.796. The van der Waals surface area contributed by atoms with Gasteiger partial charge >= 0.3 is 0 Å². The molecule has 0 heterocycles. The third-order valence-corrected chi connectivity index (χ3v) is 2.31. The van der Waals surface area contributed by atoms with E-state index >= 15 is 0 Å². The third-order valence-electron chi connectivity index (χ3n) is 2.31. The molecule has 0 unspecified atom stereocenters. The molecule has 0 aliphatic carbocycles. The molecule has 0 amide bonds. The van der Waals surface area contributed by atoms with Crippen LogP contribution in [0.4, 0.5) is 17.1 Å². The Balaban J connectivity index is 0.00000324. The second kappa shape index (κ2) is 8.22. The van der Waals surface area contributed by atoms with Crippen molar-refractivity contribution >= 4 is 29.5 Å². The molecule has 106 valence electrons. The van der Waals surface area contributed by atoms with Crippen molar-refractivity contribution in [3.05, 3.63) is 38.4 Å². The van der Waals surface area contributed by atoms with Gasteiger partial charge < -0.3 is 10.6 Å². The highest BCUT2D eigenvalue weighted by Crippen LogP contribution is 2.28. The molecule has 0 aliphatic rings. The van der Waals surface area contributed by atoms with Crippen LogP contribution in [0, 0.1) is 20.2 Å². The maximum atomic E-state index is 10.8. The molecule has 0 aromatic heterocycles. The molecule has 1 rings (SSSR count). The molecule has 0 aliphatic heterocycles. The molecule has 0 atom stereocenters. The van der Waals surface area contributed by atoms with E-state index in [1.54, 1.807) is 0 Å². The first-order valence-electron chi connectivity index (χ1n) is 5.37. The van der Waals surface area contributed by atoms with E-state index in [-0.39, 0.29) is 23.8 Å². The summed E-state index contributed by atoms with van der Waals surface area (Å²) >= 11 is 0. The zero-order chi connectivity index (χ0) is 13.5. The average Bonchev–Trinajstić information content (AvgIpc) is 2.34. The number of anilines is 1. The smallest absolute Gasteiger partial charge is 0.299 e. The predicted octanol–water partition coefficient (Wildman–Crippen LogP) is 1.95. The number of nitrogens with one attached hydrogen (secondary N) is 2. The Hall–Kier alpha value is -1.93. The van der Waals surface area contributed by atoms with Crippen molar-refractivity contribution in [1.82, 2.24) is 5.32 Å². The van der Waals surface area contributed by atoms with Gasteiger partial charge in [-0.15, -0.1) is 12.4 Å². The van der Waals surface area contributed by atoms with Crippen molar-refractivity contribution in [2.24, 2.45) is 0 Å². The number of nitrogens with zero attached hydrogens (tertiary/aromatic N) is 2. The topological polar surface area (TPSA) is 110 Å². The maximum Gasteiger partial charge on any atom is 0.299 e. The zero-order valence-electron chi connectivity index (χ0n) is 10.3. The lowest BCUT2D eigenvalue weighted by Crippen LogP contribution is -2.13. The SMILES string of the molecule is CNCCCNc1ccc([N+](=O)[O-])cc1[N+](=O)[O-].Cl. The lowest BCUT2D eigenvalue weighted by Gasteiger charge is -2.06. The second-order valence-corrected chi connectivity index (χ2v) is 3.60. The van der Waals surface area contributed by atoms with Crippen LogP contribution in [-0.4, -0.2) is 30.0 Å². The van der Waals surface area contributed by atoms with E-state index in [1.165, 1.54) is 12.1 Å². The summed E-state index contributed by atoms with van der Waals surface area (Å²) in [7, 11) is 1.81. The molecule has 9 heteroatoms. The van der Waals surface area contributed by atoms with Crippen LogP contribution in [0.25, 0.3) is 0 Å². The Bertz CT molecular complexity index is 455. The highest BCUT2D eigenvalue weighted by atomic mass is 35.5. The lowest BCUT2D eigenvalue weighted by molar-refractivity contribution is -0.393. The lowest BCUT2D eigenvalue weighted by atomic mass is 10.2. The summed E-state index contributed by atoms with van der Waals surface area (Å²) in [4.78, 5) is 20.1. The summed E-state index contributed by atoms with van der Waals surface area (Å²) in [5, 5.41) is 27.2. The summed E-state index contributed by atoms with van der Waals surface area (Å²) in [5.41, 5.74) is -0.280. The molecular formula is C10H15ClN4O4. The van der Waals surface area contributed by atoms with Gasteiger partial charge in [0.1, 0.15) is 5.69 Å². The quantitative estimate of drug-likeness (QED) is 0.451. The first kappa shape index (κ1) is 17.1. The molecule has 0 radical (unpaired) electrons. The number of non-ortho nitro benzene ring substituents is 1. The molecular weight excluding hydrogens is 276 g/mol. The molecule has 2 N–H and O–H groups in total. The van der Waals surface area contributed by atoms with Gasteiger partial charge in [0.2, 0.25) is 0 Å². The predicted molar refractivity (Wildman–Crippen MR) is 74.0 cm³/mol. The van der Waals surface area contributed by atoms with E-state index in [0.717, 1.165) is 19.0 Å². The highest BCUT2D eigenvalue weighted by Gasteiger charge is 2.18. The summed E-state index contributed by atoms with van der Waals surface area (Å²) in [6, 6.07) is 3.56. The van der Waals surface area contributed by atoms with Gasteiger partial charge in [-0.05, 0) is 26.1 Å². The Morgan fingerprint density at radius 3 is 2.37 bits per heavy atom. The van der Waals surface area contributed by atoms with Gasteiger partial charge in [-0.25, -0.2) is 0 Å². The molecule has 0 saturated carbocycles. The van der Waals surface area contributed by atoms with Crippen molar-refractivity contribution in [3.8, 4) is 0 Å². The fourth-order valence-corrected chi connectivity index (χ4v) is 1.42. The van der Waals surface area contributed by atoms with Crippen LogP contribution in [0.3, 0.4) is 0 Å². The van der Waals surface area contributed by atoms with Gasteiger partial charge in [-0.2, -0.15) is 0 Å². The highest BCUT2D eigenvalue weighted by molar-refractivity contribution is 5.85. The Kier molecular flexibility index (Phi) is 7.39. The summed E-state index contributed by atoms with van der Waals surface area (Å²) in [6.45, 7) is 1.34. The van der Waals surface area contributed by atoms with Gasteiger partial charge in [-0.3, -0.25) is 20.2 Å². The Morgan fingerprint density at radius 1 is 1.16 bits per heavy atom. The van der Waals surface area contributed by atoms with Crippen molar-refractivity contribution in [3.63, 3.8) is 0 Å². The minimum Gasteiger partial charge on any atom is -0.379 e. The van der Waals surface area contributed by atoms with Crippen LogP contribution in [0.1, 0.15) is 6.42 Å². The van der Waals surface area contributed by atoms with E-state index in [0.29, 0.717) is 12.2 Å². The summed E-state index contributed by atoms with van der Waals surface area (Å²) < 4.78 is 0. The molecule has 0 saturated heterocycles. The van der Waals surface area contributed by atoms with Gasteiger partial charge in [0.15, 0.2) is 0 Å². The minimum atomic E-state index is -0.655. The van der Waals surface area contributed by atoms with Crippen molar-refractivity contribution in [2.45, 2.75) is 6.42 Å². The zero-order valence-corrected chi connectivity index (χ0v) is 11.1. The van der Waals surface area contributed by atoms with Gasteiger partial charge in [-0.1, -0.05) is 0 Å². The van der Waals surface area contributed by atoms with E-state index in [2.05, 4.69) is 10.6 Å². The van der Waals surface area contributed by atoms with Crippen molar-refractivity contribution in [2.75, 3.05) is 25.5 Å². The van der Waals surface area contributed by atoms with E-state index in [9.17, 15) is 20.2 Å². The van der Waals surface area contributed by atoms with Gasteiger partial charge in [0, 0.05) is 12.6 Å². The first-order valence-corrected chi connectivity index (χ1v) is 5.37. The number of hydrogen-bond acceptors (Lipinski definition) is 6. The molecule has 1 aromatic carbocycles. The number of hydrogen-bond donors (Lipinski definition) is 2. The number of nitro benzene ring substituents is 2. The van der Waals surface area contributed by atoms with Crippen LogP contribution in [-0.2, 0) is 0 Å². The monoisotopic (exact) mass is 290 g/mol. The van der Waals surface area contributed by atoms with E-state index in [1.807, 2.05) is 7.05 Å². The number of nitro groups is 2. The Morgan fingerprint density at radius 2 is 1.84 bits per heavy atom. The fraction of sp³-hybridized carbons (Fsp3) is 0.400. The van der Waals surface area contributed by atoms with Crippen LogP contribution >= 0.6 is 12.4 Å². The molecule has 0 bridgehead atoms.